The first-order valence-corrected chi connectivity index (χ1v) is 6.46. The predicted molar refractivity (Wildman–Crippen MR) is 75.0 cm³/mol. The van der Waals surface area contributed by atoms with Gasteiger partial charge in [0.25, 0.3) is 0 Å². The highest BCUT2D eigenvalue weighted by atomic mass is 35.5. The van der Waals surface area contributed by atoms with Gasteiger partial charge in [0, 0.05) is 30.7 Å². The van der Waals surface area contributed by atoms with Crippen molar-refractivity contribution < 1.29 is 0 Å². The van der Waals surface area contributed by atoms with E-state index in [1.54, 1.807) is 6.33 Å². The smallest absolute Gasteiger partial charge is 0.132 e. The topological polar surface area (TPSA) is 29.0 Å². The molecule has 0 fully saturated rings. The van der Waals surface area contributed by atoms with Gasteiger partial charge < -0.3 is 4.90 Å². The Bertz CT molecular complexity index is 487. The van der Waals surface area contributed by atoms with Crippen LogP contribution in [0.5, 0.6) is 0 Å². The van der Waals surface area contributed by atoms with E-state index in [0.29, 0.717) is 5.88 Å². The van der Waals surface area contributed by atoms with Gasteiger partial charge in [-0.1, -0.05) is 30.3 Å². The number of benzene rings is 1. The second kappa shape index (κ2) is 6.36. The van der Waals surface area contributed by atoms with Gasteiger partial charge in [-0.05, 0) is 12.5 Å². The normalized spacial score (nSPS) is 10.3. The Morgan fingerprint density at radius 3 is 2.61 bits per heavy atom. The van der Waals surface area contributed by atoms with Gasteiger partial charge in [0.15, 0.2) is 0 Å². The van der Waals surface area contributed by atoms with E-state index >= 15 is 0 Å². The SMILES string of the molecule is Cc1cc(N(CCCl)Cc2ccccc2)ncn1. The third-order valence-electron chi connectivity index (χ3n) is 2.68. The van der Waals surface area contributed by atoms with Crippen LogP contribution in [-0.4, -0.2) is 22.4 Å². The van der Waals surface area contributed by atoms with E-state index in [2.05, 4.69) is 27.0 Å². The first-order valence-electron chi connectivity index (χ1n) is 5.93. The van der Waals surface area contributed by atoms with Crippen LogP contribution in [-0.2, 0) is 6.54 Å². The highest BCUT2D eigenvalue weighted by molar-refractivity contribution is 6.18. The van der Waals surface area contributed by atoms with Crippen LogP contribution in [0.3, 0.4) is 0 Å². The molecule has 0 N–H and O–H groups in total. The molecule has 2 rings (SSSR count). The van der Waals surface area contributed by atoms with E-state index in [1.807, 2.05) is 31.2 Å². The molecule has 0 amide bonds. The third kappa shape index (κ3) is 3.44. The molecule has 0 spiro atoms. The van der Waals surface area contributed by atoms with Crippen molar-refractivity contribution in [2.45, 2.75) is 13.5 Å². The van der Waals surface area contributed by atoms with Gasteiger partial charge in [-0.2, -0.15) is 0 Å². The van der Waals surface area contributed by atoms with Crippen molar-refractivity contribution in [3.63, 3.8) is 0 Å². The number of hydrogen-bond donors (Lipinski definition) is 0. The Balaban J connectivity index is 2.18. The molecular weight excluding hydrogens is 246 g/mol. The quantitative estimate of drug-likeness (QED) is 0.775. The summed E-state index contributed by atoms with van der Waals surface area (Å²) in [5.74, 6) is 1.50. The van der Waals surface area contributed by atoms with Crippen molar-refractivity contribution in [3.8, 4) is 0 Å². The third-order valence-corrected chi connectivity index (χ3v) is 2.85. The molecule has 0 atom stereocenters. The molecule has 1 heterocycles. The Morgan fingerprint density at radius 1 is 1.17 bits per heavy atom. The Morgan fingerprint density at radius 2 is 1.94 bits per heavy atom. The average Bonchev–Trinajstić information content (AvgIpc) is 2.39. The molecule has 0 saturated carbocycles. The number of aryl methyl sites for hydroxylation is 1. The molecule has 0 saturated heterocycles. The number of anilines is 1. The maximum absolute atomic E-state index is 5.87. The summed E-state index contributed by atoms with van der Waals surface area (Å²) in [6, 6.07) is 12.3. The van der Waals surface area contributed by atoms with Crippen LogP contribution in [0.2, 0.25) is 0 Å². The fourth-order valence-corrected chi connectivity index (χ4v) is 2.00. The maximum Gasteiger partial charge on any atom is 0.132 e. The minimum absolute atomic E-state index is 0.579. The van der Waals surface area contributed by atoms with Crippen molar-refractivity contribution in [1.29, 1.82) is 0 Å². The lowest BCUT2D eigenvalue weighted by molar-refractivity contribution is 0.811. The van der Waals surface area contributed by atoms with Gasteiger partial charge in [0.2, 0.25) is 0 Å². The molecule has 1 aromatic heterocycles. The van der Waals surface area contributed by atoms with Crippen molar-refractivity contribution in [1.82, 2.24) is 9.97 Å². The molecule has 0 unspecified atom stereocenters. The Labute approximate surface area is 112 Å². The molecule has 3 nitrogen and oxygen atoms in total. The largest absolute Gasteiger partial charge is 0.351 e. The zero-order valence-electron chi connectivity index (χ0n) is 10.4. The number of aromatic nitrogens is 2. The van der Waals surface area contributed by atoms with E-state index < -0.39 is 0 Å². The minimum atomic E-state index is 0.579. The fraction of sp³-hybridized carbons (Fsp3) is 0.286. The first-order chi connectivity index (χ1) is 8.79. The standard InChI is InChI=1S/C14H16ClN3/c1-12-9-14(17-11-16-12)18(8-7-15)10-13-5-3-2-4-6-13/h2-6,9,11H,7-8,10H2,1H3. The molecule has 4 heteroatoms. The highest BCUT2D eigenvalue weighted by Crippen LogP contribution is 2.14. The van der Waals surface area contributed by atoms with Crippen LogP contribution >= 0.6 is 11.6 Å². The number of halogens is 1. The van der Waals surface area contributed by atoms with Gasteiger partial charge in [-0.3, -0.25) is 0 Å². The van der Waals surface area contributed by atoms with Crippen molar-refractivity contribution >= 4 is 17.4 Å². The molecule has 1 aromatic carbocycles. The molecule has 18 heavy (non-hydrogen) atoms. The summed E-state index contributed by atoms with van der Waals surface area (Å²) in [7, 11) is 0. The maximum atomic E-state index is 5.87. The first kappa shape index (κ1) is 12.8. The summed E-state index contributed by atoms with van der Waals surface area (Å²) in [5.41, 5.74) is 2.21. The predicted octanol–water partition coefficient (Wildman–Crippen LogP) is 3.03. The number of hydrogen-bond acceptors (Lipinski definition) is 3. The molecule has 0 radical (unpaired) electrons. The summed E-state index contributed by atoms with van der Waals surface area (Å²) in [6.45, 7) is 3.55. The van der Waals surface area contributed by atoms with Crippen LogP contribution in [0.15, 0.2) is 42.7 Å². The summed E-state index contributed by atoms with van der Waals surface area (Å²) in [6.07, 6.45) is 1.59. The molecular formula is C14H16ClN3. The summed E-state index contributed by atoms with van der Waals surface area (Å²) >= 11 is 5.87. The van der Waals surface area contributed by atoms with E-state index in [4.69, 9.17) is 11.6 Å². The number of rotatable bonds is 5. The van der Waals surface area contributed by atoms with Gasteiger partial charge in [-0.15, -0.1) is 11.6 Å². The molecule has 2 aromatic rings. The number of alkyl halides is 1. The van der Waals surface area contributed by atoms with Crippen molar-refractivity contribution in [2.24, 2.45) is 0 Å². The molecule has 0 aliphatic rings. The lowest BCUT2D eigenvalue weighted by Crippen LogP contribution is -2.26. The van der Waals surface area contributed by atoms with Gasteiger partial charge >= 0.3 is 0 Å². The van der Waals surface area contributed by atoms with E-state index in [9.17, 15) is 0 Å². The fourth-order valence-electron chi connectivity index (χ4n) is 1.79. The highest BCUT2D eigenvalue weighted by Gasteiger charge is 2.08. The van der Waals surface area contributed by atoms with Gasteiger partial charge in [-0.25, -0.2) is 9.97 Å². The van der Waals surface area contributed by atoms with Crippen LogP contribution in [0.1, 0.15) is 11.3 Å². The van der Waals surface area contributed by atoms with Crippen molar-refractivity contribution in [3.05, 3.63) is 54.0 Å². The summed E-state index contributed by atoms with van der Waals surface area (Å²) < 4.78 is 0. The summed E-state index contributed by atoms with van der Waals surface area (Å²) in [4.78, 5) is 10.6. The van der Waals surface area contributed by atoms with Gasteiger partial charge in [0.05, 0.1) is 0 Å². The Kier molecular flexibility index (Phi) is 4.53. The monoisotopic (exact) mass is 261 g/mol. The lowest BCUT2D eigenvalue weighted by Gasteiger charge is -2.22. The van der Waals surface area contributed by atoms with E-state index in [0.717, 1.165) is 24.6 Å². The Hall–Kier alpha value is -1.61. The zero-order valence-corrected chi connectivity index (χ0v) is 11.1. The lowest BCUT2D eigenvalue weighted by atomic mass is 10.2. The number of nitrogens with zero attached hydrogens (tertiary/aromatic N) is 3. The molecule has 0 aliphatic heterocycles. The van der Waals surface area contributed by atoms with E-state index in [1.165, 1.54) is 5.56 Å². The second-order valence-electron chi connectivity index (χ2n) is 4.11. The average molecular weight is 262 g/mol. The zero-order chi connectivity index (χ0) is 12.8. The van der Waals surface area contributed by atoms with Crippen LogP contribution in [0.4, 0.5) is 5.82 Å². The minimum Gasteiger partial charge on any atom is -0.351 e. The molecule has 0 aliphatic carbocycles. The van der Waals surface area contributed by atoms with Crippen molar-refractivity contribution in [2.75, 3.05) is 17.3 Å². The molecule has 0 bridgehead atoms. The second-order valence-corrected chi connectivity index (χ2v) is 4.49. The summed E-state index contributed by atoms with van der Waals surface area (Å²) in [5, 5.41) is 0. The van der Waals surface area contributed by atoms with Crippen LogP contribution < -0.4 is 4.90 Å². The molecule has 94 valence electrons. The van der Waals surface area contributed by atoms with Crippen LogP contribution in [0.25, 0.3) is 0 Å². The van der Waals surface area contributed by atoms with Gasteiger partial charge in [0.1, 0.15) is 12.1 Å². The van der Waals surface area contributed by atoms with E-state index in [-0.39, 0.29) is 0 Å². The van der Waals surface area contributed by atoms with Crippen LogP contribution in [0, 0.1) is 6.92 Å².